The topological polar surface area (TPSA) is 15.3 Å². The third-order valence-corrected chi connectivity index (χ3v) is 2.64. The van der Waals surface area contributed by atoms with E-state index in [1.165, 1.54) is 13.1 Å². The molecule has 1 saturated heterocycles. The molecule has 1 aliphatic heterocycles. The first-order valence-electron chi connectivity index (χ1n) is 3.68. The first-order valence-corrected chi connectivity index (χ1v) is 3.68. The average molecular weight is 126 g/mol. The molecule has 0 unspecified atom stereocenters. The molecule has 0 bridgehead atoms. The Balaban J connectivity index is 1.94. The zero-order valence-electron chi connectivity index (χ0n) is 6.09. The van der Waals surface area contributed by atoms with E-state index in [0.717, 1.165) is 17.9 Å². The van der Waals surface area contributed by atoms with Crippen molar-refractivity contribution < 1.29 is 0 Å². The van der Waals surface area contributed by atoms with Crippen LogP contribution in [0.4, 0.5) is 0 Å². The van der Waals surface area contributed by atoms with Crippen LogP contribution in [0.15, 0.2) is 0 Å². The van der Waals surface area contributed by atoms with E-state index in [9.17, 15) is 0 Å². The molecule has 0 aromatic carbocycles. The number of hydrogen-bond acceptors (Lipinski definition) is 2. The van der Waals surface area contributed by atoms with Crippen LogP contribution in [-0.4, -0.2) is 38.1 Å². The second kappa shape index (κ2) is 1.70. The van der Waals surface area contributed by atoms with Crippen molar-refractivity contribution in [3.8, 4) is 0 Å². The Morgan fingerprint density at radius 1 is 1.22 bits per heavy atom. The third kappa shape index (κ3) is 0.700. The summed E-state index contributed by atoms with van der Waals surface area (Å²) in [6.07, 6.45) is 0. The molecule has 1 saturated carbocycles. The highest BCUT2D eigenvalue weighted by Crippen LogP contribution is 2.44. The standard InChI is InChI=1S/C7H14N2/c1-9(2)7-5-3-8-4-6(5)7/h5-8H,3-4H2,1-2H3/t5-,6-/m0/s1. The van der Waals surface area contributed by atoms with Gasteiger partial charge in [-0.15, -0.1) is 0 Å². The lowest BCUT2D eigenvalue weighted by Gasteiger charge is -2.11. The molecule has 1 aliphatic carbocycles. The molecule has 0 amide bonds. The van der Waals surface area contributed by atoms with Crippen molar-refractivity contribution in [1.29, 1.82) is 0 Å². The van der Waals surface area contributed by atoms with E-state index in [-0.39, 0.29) is 0 Å². The summed E-state index contributed by atoms with van der Waals surface area (Å²) in [6.45, 7) is 2.51. The first kappa shape index (κ1) is 5.69. The second-order valence-electron chi connectivity index (χ2n) is 3.44. The molecule has 9 heavy (non-hydrogen) atoms. The number of fused-ring (bicyclic) bond motifs is 1. The van der Waals surface area contributed by atoms with Gasteiger partial charge < -0.3 is 10.2 Å². The average Bonchev–Trinajstić information content (AvgIpc) is 2.30. The van der Waals surface area contributed by atoms with Crippen molar-refractivity contribution in [3.63, 3.8) is 0 Å². The van der Waals surface area contributed by atoms with Gasteiger partial charge in [0.2, 0.25) is 0 Å². The Morgan fingerprint density at radius 2 is 1.78 bits per heavy atom. The van der Waals surface area contributed by atoms with Gasteiger partial charge in [0.25, 0.3) is 0 Å². The smallest absolute Gasteiger partial charge is 0.0177 e. The molecule has 0 aromatic heterocycles. The Labute approximate surface area is 56.2 Å². The number of piperidine rings is 1. The van der Waals surface area contributed by atoms with Gasteiger partial charge in [-0.25, -0.2) is 0 Å². The summed E-state index contributed by atoms with van der Waals surface area (Å²) >= 11 is 0. The Bertz CT molecular complexity index is 112. The fourth-order valence-corrected chi connectivity index (χ4v) is 2.15. The summed E-state index contributed by atoms with van der Waals surface area (Å²) < 4.78 is 0. The molecule has 0 aromatic rings. The monoisotopic (exact) mass is 126 g/mol. The SMILES string of the molecule is CN(C)C1[C@H]2CNC[C@H]12. The number of rotatable bonds is 1. The predicted molar refractivity (Wildman–Crippen MR) is 37.3 cm³/mol. The van der Waals surface area contributed by atoms with Gasteiger partial charge in [0.05, 0.1) is 0 Å². The molecule has 2 heteroatoms. The van der Waals surface area contributed by atoms with E-state index >= 15 is 0 Å². The summed E-state index contributed by atoms with van der Waals surface area (Å²) in [7, 11) is 4.37. The molecule has 0 radical (unpaired) electrons. The van der Waals surface area contributed by atoms with Crippen molar-refractivity contribution in [2.24, 2.45) is 11.8 Å². The Kier molecular flexibility index (Phi) is 1.08. The van der Waals surface area contributed by atoms with Gasteiger partial charge in [-0.1, -0.05) is 0 Å². The molecule has 1 N–H and O–H groups in total. The number of hydrogen-bond donors (Lipinski definition) is 1. The molecule has 1 heterocycles. The van der Waals surface area contributed by atoms with E-state index < -0.39 is 0 Å². The van der Waals surface area contributed by atoms with E-state index in [0.29, 0.717) is 0 Å². The quantitative estimate of drug-likeness (QED) is 0.522. The van der Waals surface area contributed by atoms with Crippen molar-refractivity contribution in [2.45, 2.75) is 6.04 Å². The van der Waals surface area contributed by atoms with Crippen LogP contribution in [0.2, 0.25) is 0 Å². The zero-order chi connectivity index (χ0) is 6.43. The first-order chi connectivity index (χ1) is 4.30. The fraction of sp³-hybridized carbons (Fsp3) is 1.00. The molecule has 0 spiro atoms. The minimum Gasteiger partial charge on any atom is -0.316 e. The summed E-state index contributed by atoms with van der Waals surface area (Å²) in [5.41, 5.74) is 0. The van der Waals surface area contributed by atoms with Crippen LogP contribution in [0.3, 0.4) is 0 Å². The van der Waals surface area contributed by atoms with Gasteiger partial charge in [0.1, 0.15) is 0 Å². The van der Waals surface area contributed by atoms with E-state index in [2.05, 4.69) is 24.3 Å². The van der Waals surface area contributed by atoms with E-state index in [1.54, 1.807) is 0 Å². The molecular formula is C7H14N2. The van der Waals surface area contributed by atoms with Crippen LogP contribution in [0.25, 0.3) is 0 Å². The highest BCUT2D eigenvalue weighted by atomic mass is 15.2. The molecule has 2 atom stereocenters. The maximum Gasteiger partial charge on any atom is 0.0177 e. The maximum absolute atomic E-state index is 3.38. The van der Waals surface area contributed by atoms with Crippen molar-refractivity contribution in [1.82, 2.24) is 10.2 Å². The lowest BCUT2D eigenvalue weighted by molar-refractivity contribution is 0.350. The molecular weight excluding hydrogens is 112 g/mol. The van der Waals surface area contributed by atoms with Gasteiger partial charge in [0, 0.05) is 6.04 Å². The van der Waals surface area contributed by atoms with Gasteiger partial charge >= 0.3 is 0 Å². The maximum atomic E-state index is 3.38. The molecule has 2 rings (SSSR count). The van der Waals surface area contributed by atoms with Crippen molar-refractivity contribution >= 4 is 0 Å². The Hall–Kier alpha value is -0.0800. The minimum atomic E-state index is 0.909. The molecule has 2 aliphatic rings. The fourth-order valence-electron chi connectivity index (χ4n) is 2.15. The molecule has 52 valence electrons. The van der Waals surface area contributed by atoms with Crippen LogP contribution in [0, 0.1) is 11.8 Å². The minimum absolute atomic E-state index is 0.909. The number of nitrogens with one attached hydrogen (secondary N) is 1. The normalized spacial score (nSPS) is 47.7. The summed E-state index contributed by atoms with van der Waals surface area (Å²) in [6, 6.07) is 0.909. The van der Waals surface area contributed by atoms with Crippen LogP contribution < -0.4 is 5.32 Å². The van der Waals surface area contributed by atoms with Gasteiger partial charge in [-0.05, 0) is 39.0 Å². The highest BCUT2D eigenvalue weighted by molar-refractivity contribution is 5.08. The predicted octanol–water partition coefficient (Wildman–Crippen LogP) is -0.234. The van der Waals surface area contributed by atoms with Crippen LogP contribution in [0.1, 0.15) is 0 Å². The number of nitrogens with zero attached hydrogens (tertiary/aromatic N) is 1. The molecule has 2 nitrogen and oxygen atoms in total. The summed E-state index contributed by atoms with van der Waals surface area (Å²) in [5, 5.41) is 3.38. The summed E-state index contributed by atoms with van der Waals surface area (Å²) in [5.74, 6) is 1.97. The third-order valence-electron chi connectivity index (χ3n) is 2.64. The lowest BCUT2D eigenvalue weighted by atomic mass is 10.4. The van der Waals surface area contributed by atoms with Crippen LogP contribution in [0.5, 0.6) is 0 Å². The lowest BCUT2D eigenvalue weighted by Crippen LogP contribution is -2.26. The van der Waals surface area contributed by atoms with Gasteiger partial charge in [0.15, 0.2) is 0 Å². The highest BCUT2D eigenvalue weighted by Gasteiger charge is 2.53. The van der Waals surface area contributed by atoms with Gasteiger partial charge in [-0.2, -0.15) is 0 Å². The van der Waals surface area contributed by atoms with Crippen molar-refractivity contribution in [2.75, 3.05) is 27.2 Å². The van der Waals surface area contributed by atoms with E-state index in [4.69, 9.17) is 0 Å². The second-order valence-corrected chi connectivity index (χ2v) is 3.44. The molecule has 2 fully saturated rings. The largest absolute Gasteiger partial charge is 0.316 e. The van der Waals surface area contributed by atoms with Gasteiger partial charge in [-0.3, -0.25) is 0 Å². The van der Waals surface area contributed by atoms with E-state index in [1.807, 2.05) is 0 Å². The van der Waals surface area contributed by atoms with Crippen LogP contribution >= 0.6 is 0 Å². The van der Waals surface area contributed by atoms with Crippen molar-refractivity contribution in [3.05, 3.63) is 0 Å². The zero-order valence-corrected chi connectivity index (χ0v) is 6.09. The van der Waals surface area contributed by atoms with Crippen LogP contribution in [-0.2, 0) is 0 Å². The summed E-state index contributed by atoms with van der Waals surface area (Å²) in [4.78, 5) is 2.36. The Morgan fingerprint density at radius 3 is 2.11 bits per heavy atom.